The van der Waals surface area contributed by atoms with E-state index in [9.17, 15) is 10.1 Å². The van der Waals surface area contributed by atoms with Crippen LogP contribution >= 0.6 is 0 Å². The number of allylic oxidation sites excluding steroid dienone is 1. The summed E-state index contributed by atoms with van der Waals surface area (Å²) < 4.78 is 0. The number of hydrogen-bond acceptors (Lipinski definition) is 4. The molecule has 7 nitrogen and oxygen atoms in total. The molecule has 0 fully saturated rings. The topological polar surface area (TPSA) is 100 Å². The maximum atomic E-state index is 12.9. The van der Waals surface area contributed by atoms with Gasteiger partial charge in [-0.1, -0.05) is 121 Å². The number of aromatic amines is 2. The van der Waals surface area contributed by atoms with Crippen LogP contribution < -0.4 is 0 Å². The summed E-state index contributed by atoms with van der Waals surface area (Å²) in [5.74, 6) is 0. The van der Waals surface area contributed by atoms with Crippen molar-refractivity contribution >= 4 is 45.5 Å². The number of aromatic nitrogens is 4. The van der Waals surface area contributed by atoms with E-state index in [2.05, 4.69) is 53.3 Å². The fourth-order valence-electron chi connectivity index (χ4n) is 7.27. The predicted molar refractivity (Wildman–Crippen MR) is 211 cm³/mol. The lowest BCUT2D eigenvalue weighted by Crippen LogP contribution is -1.98. The molecule has 7 aromatic rings. The second kappa shape index (κ2) is 12.6. The lowest BCUT2D eigenvalue weighted by molar-refractivity contribution is -0.374. The quantitative estimate of drug-likeness (QED) is 0.140. The molecule has 52 heavy (non-hydrogen) atoms. The van der Waals surface area contributed by atoms with Crippen LogP contribution in [0.1, 0.15) is 29.7 Å². The molecule has 3 aromatic heterocycles. The van der Waals surface area contributed by atoms with Crippen LogP contribution in [0.5, 0.6) is 0 Å². The Kier molecular flexibility index (Phi) is 7.51. The van der Waals surface area contributed by atoms with Gasteiger partial charge in [-0.25, -0.2) is 9.97 Å². The zero-order valence-electron chi connectivity index (χ0n) is 28.2. The van der Waals surface area contributed by atoms with Gasteiger partial charge in [0.2, 0.25) is 0 Å². The highest BCUT2D eigenvalue weighted by Gasteiger charge is 2.29. The lowest BCUT2D eigenvalue weighted by atomic mass is 10.0. The van der Waals surface area contributed by atoms with Crippen LogP contribution in [-0.4, -0.2) is 24.9 Å². The Labute approximate surface area is 299 Å². The van der Waals surface area contributed by atoms with Gasteiger partial charge in [0, 0.05) is 50.4 Å². The van der Waals surface area contributed by atoms with Gasteiger partial charge >= 0.3 is 0 Å². The van der Waals surface area contributed by atoms with Gasteiger partial charge < -0.3 is 9.97 Å². The molecule has 0 saturated heterocycles. The monoisotopic (exact) mass is 673 g/mol. The minimum absolute atomic E-state index is 0.0733. The first-order valence-corrected chi connectivity index (χ1v) is 17.1. The van der Waals surface area contributed by atoms with Crippen LogP contribution in [0, 0.1) is 10.1 Å². The highest BCUT2D eigenvalue weighted by atomic mass is 16.6. The Hall–Kier alpha value is -7.12. The molecule has 8 bridgehead atoms. The number of hydrogen-bond donors (Lipinski definition) is 2. The zero-order chi connectivity index (χ0) is 35.2. The van der Waals surface area contributed by atoms with Crippen molar-refractivity contribution in [3.8, 4) is 44.5 Å². The second-order valence-corrected chi connectivity index (χ2v) is 12.8. The van der Waals surface area contributed by atoms with Gasteiger partial charge in [-0.15, -0.1) is 0 Å². The largest absolute Gasteiger partial charge is 0.354 e. The zero-order valence-corrected chi connectivity index (χ0v) is 28.2. The first-order chi connectivity index (χ1) is 25.5. The molecule has 4 aromatic carbocycles. The molecule has 0 aliphatic carbocycles. The van der Waals surface area contributed by atoms with E-state index in [1.807, 2.05) is 115 Å². The number of benzene rings is 4. The Morgan fingerprint density at radius 1 is 0.462 bits per heavy atom. The Morgan fingerprint density at radius 3 is 1.23 bits per heavy atom. The van der Waals surface area contributed by atoms with Gasteiger partial charge in [0.15, 0.2) is 5.69 Å². The summed E-state index contributed by atoms with van der Waals surface area (Å²) >= 11 is 0. The summed E-state index contributed by atoms with van der Waals surface area (Å²) in [5, 5.41) is 12.9. The number of nitro groups is 1. The molecule has 248 valence electrons. The molecule has 2 aliphatic heterocycles. The molecule has 2 aliphatic rings. The van der Waals surface area contributed by atoms with Crippen LogP contribution in [0.25, 0.3) is 90.0 Å². The van der Waals surface area contributed by atoms with E-state index in [0.717, 1.165) is 72.5 Å². The molecular formula is C45H31N5O2. The van der Waals surface area contributed by atoms with Gasteiger partial charge in [-0.05, 0) is 65.1 Å². The summed E-state index contributed by atoms with van der Waals surface area (Å²) in [5.41, 5.74) is 13.6. The van der Waals surface area contributed by atoms with E-state index in [4.69, 9.17) is 9.97 Å². The molecule has 7 heteroatoms. The smallest absolute Gasteiger partial charge is 0.297 e. The van der Waals surface area contributed by atoms with Gasteiger partial charge in [-0.2, -0.15) is 0 Å². The molecule has 0 atom stereocenters. The third kappa shape index (κ3) is 5.32. The predicted octanol–water partition coefficient (Wildman–Crippen LogP) is 11.3. The van der Waals surface area contributed by atoms with Crippen molar-refractivity contribution in [1.29, 1.82) is 0 Å². The van der Waals surface area contributed by atoms with Crippen molar-refractivity contribution in [3.63, 3.8) is 0 Å². The molecule has 0 spiro atoms. The van der Waals surface area contributed by atoms with E-state index in [0.29, 0.717) is 16.8 Å². The fourth-order valence-corrected chi connectivity index (χ4v) is 7.27. The van der Waals surface area contributed by atoms with E-state index in [1.165, 1.54) is 0 Å². The van der Waals surface area contributed by atoms with Crippen LogP contribution in [0.2, 0.25) is 0 Å². The lowest BCUT2D eigenvalue weighted by Gasteiger charge is -2.07. The summed E-state index contributed by atoms with van der Waals surface area (Å²) in [6.07, 6.45) is 3.74. The van der Waals surface area contributed by atoms with Crippen LogP contribution in [0.3, 0.4) is 0 Å². The Bertz CT molecular complexity index is 2750. The van der Waals surface area contributed by atoms with Crippen molar-refractivity contribution in [2.24, 2.45) is 0 Å². The average Bonchev–Trinajstić information content (AvgIpc) is 4.00. The number of nitrogens with one attached hydrogen (secondary N) is 2. The molecule has 9 rings (SSSR count). The minimum Gasteiger partial charge on any atom is -0.354 e. The van der Waals surface area contributed by atoms with Crippen molar-refractivity contribution in [1.82, 2.24) is 19.9 Å². The Balaban J connectivity index is 1.54. The van der Waals surface area contributed by atoms with Gasteiger partial charge in [0.1, 0.15) is 0 Å². The van der Waals surface area contributed by atoms with Gasteiger partial charge in [0.25, 0.3) is 5.70 Å². The van der Waals surface area contributed by atoms with Crippen molar-refractivity contribution in [3.05, 3.63) is 178 Å². The second-order valence-electron chi connectivity index (χ2n) is 12.8. The maximum absolute atomic E-state index is 12.9. The molecule has 0 saturated carbocycles. The van der Waals surface area contributed by atoms with Gasteiger partial charge in [-0.3, -0.25) is 10.1 Å². The number of rotatable bonds is 5. The van der Waals surface area contributed by atoms with Crippen molar-refractivity contribution < 1.29 is 4.92 Å². The third-order valence-electron chi connectivity index (χ3n) is 9.59. The third-order valence-corrected chi connectivity index (χ3v) is 9.59. The molecule has 0 radical (unpaired) electrons. The van der Waals surface area contributed by atoms with Crippen molar-refractivity contribution in [2.75, 3.05) is 0 Å². The normalized spacial score (nSPS) is 12.3. The first-order valence-electron chi connectivity index (χ1n) is 17.1. The minimum atomic E-state index is -0.337. The summed E-state index contributed by atoms with van der Waals surface area (Å²) in [4.78, 5) is 30.5. The summed E-state index contributed by atoms with van der Waals surface area (Å²) in [6.45, 7) is 2.10. The molecule has 5 heterocycles. The molecular weight excluding hydrogens is 643 g/mol. The first kappa shape index (κ1) is 30.9. The molecule has 0 unspecified atom stereocenters. The molecule has 0 amide bonds. The van der Waals surface area contributed by atoms with E-state index in [1.54, 1.807) is 6.08 Å². The highest BCUT2D eigenvalue weighted by molar-refractivity contribution is 6.02. The summed E-state index contributed by atoms with van der Waals surface area (Å²) in [7, 11) is 0. The SMILES string of the molecule is CC1=Cc2nc1c(-c1ccccc1)c1ccc([nH]1)c(-c1ccccc1)c1nc(c(-c3ccccc3)c3ccc([nH]3)c2-c2ccccc2)C([N+](=O)[O-])=C1. The van der Waals surface area contributed by atoms with Crippen LogP contribution in [0.15, 0.2) is 146 Å². The van der Waals surface area contributed by atoms with E-state index < -0.39 is 0 Å². The van der Waals surface area contributed by atoms with Gasteiger partial charge in [0.05, 0.1) is 22.0 Å². The fraction of sp³-hybridized carbons (Fsp3) is 0.0222. The summed E-state index contributed by atoms with van der Waals surface area (Å²) in [6, 6.07) is 48.2. The number of H-pyrrole nitrogens is 2. The Morgan fingerprint density at radius 2 is 0.808 bits per heavy atom. The van der Waals surface area contributed by atoms with E-state index in [-0.39, 0.29) is 16.3 Å². The standard InChI is InChI=1S/C45H31N5O2/c1-28-26-37-40(29-14-6-2-7-15-29)33-23-25-36(47-33)43(32-20-12-5-13-21-32)45-39(50(51)52)27-38(49-45)41(30-16-8-3-9-17-30)34-22-24-35(46-34)42(44(28)48-37)31-18-10-4-11-19-31/h2-27,46-47H,1H3. The van der Waals surface area contributed by atoms with Crippen LogP contribution in [0.4, 0.5) is 0 Å². The van der Waals surface area contributed by atoms with E-state index >= 15 is 0 Å². The number of fused-ring (bicyclic) bond motifs is 8. The maximum Gasteiger partial charge on any atom is 0.297 e. The number of nitrogens with zero attached hydrogens (tertiary/aromatic N) is 3. The van der Waals surface area contributed by atoms with Crippen molar-refractivity contribution in [2.45, 2.75) is 6.92 Å². The molecule has 2 N–H and O–H groups in total. The average molecular weight is 674 g/mol. The van der Waals surface area contributed by atoms with Crippen LogP contribution in [-0.2, 0) is 0 Å². The highest BCUT2D eigenvalue weighted by Crippen LogP contribution is 2.41.